The van der Waals surface area contributed by atoms with E-state index in [1.54, 1.807) is 0 Å². The Hall–Kier alpha value is -0.370. The van der Waals surface area contributed by atoms with Gasteiger partial charge in [-0.3, -0.25) is 9.97 Å². The second-order valence-electron chi connectivity index (χ2n) is 4.29. The maximum atomic E-state index is 12.9. The summed E-state index contributed by atoms with van der Waals surface area (Å²) in [5.74, 6) is 0.594. The second kappa shape index (κ2) is 5.51. The van der Waals surface area contributed by atoms with Gasteiger partial charge in [0.1, 0.15) is 5.69 Å². The number of halogens is 3. The van der Waals surface area contributed by atoms with Crippen molar-refractivity contribution in [3.8, 4) is 0 Å². The van der Waals surface area contributed by atoms with Crippen molar-refractivity contribution in [1.82, 2.24) is 15.3 Å². The number of hydrogen-bond donors (Lipinski definition) is 1. The smallest absolute Gasteiger partial charge is 0.317 e. The van der Waals surface area contributed by atoms with Gasteiger partial charge in [0, 0.05) is 28.8 Å². The Kier molecular flexibility index (Phi) is 4.24. The number of piperidine rings is 1. The molecule has 0 bridgehead atoms. The minimum absolute atomic E-state index is 0.271. The first-order chi connectivity index (χ1) is 8.05. The first-order valence-electron chi connectivity index (χ1n) is 5.64. The molecule has 0 unspecified atom stereocenters. The van der Waals surface area contributed by atoms with E-state index < -0.39 is 3.93 Å². The van der Waals surface area contributed by atoms with Crippen LogP contribution in [0.5, 0.6) is 0 Å². The van der Waals surface area contributed by atoms with Gasteiger partial charge in [-0.1, -0.05) is 0 Å². The van der Waals surface area contributed by atoms with Crippen LogP contribution in [-0.2, 0) is 10.4 Å². The highest BCUT2D eigenvalue weighted by Crippen LogP contribution is 2.33. The van der Waals surface area contributed by atoms with E-state index in [9.17, 15) is 8.78 Å². The third-order valence-corrected chi connectivity index (χ3v) is 3.50. The molecular formula is C11H14F2IN3. The van der Waals surface area contributed by atoms with E-state index in [1.807, 2.05) is 0 Å². The normalized spacial score (nSPS) is 18.3. The van der Waals surface area contributed by atoms with Gasteiger partial charge in [0.25, 0.3) is 0 Å². The van der Waals surface area contributed by atoms with E-state index >= 15 is 0 Å². The molecule has 1 aromatic rings. The zero-order valence-corrected chi connectivity index (χ0v) is 11.5. The van der Waals surface area contributed by atoms with E-state index in [0.29, 0.717) is 5.92 Å². The maximum absolute atomic E-state index is 12.9. The Morgan fingerprint density at radius 2 is 2.00 bits per heavy atom. The van der Waals surface area contributed by atoms with Gasteiger partial charge in [0.2, 0.25) is 0 Å². The fourth-order valence-electron chi connectivity index (χ4n) is 1.99. The largest absolute Gasteiger partial charge is 0.339 e. The topological polar surface area (TPSA) is 37.8 Å². The van der Waals surface area contributed by atoms with E-state index in [-0.39, 0.29) is 5.69 Å². The summed E-state index contributed by atoms with van der Waals surface area (Å²) in [5, 5.41) is 3.29. The van der Waals surface area contributed by atoms with Crippen LogP contribution in [0, 0.1) is 5.92 Å². The first kappa shape index (κ1) is 13.1. The van der Waals surface area contributed by atoms with E-state index in [2.05, 4.69) is 15.3 Å². The van der Waals surface area contributed by atoms with Gasteiger partial charge in [-0.25, -0.2) is 0 Å². The predicted molar refractivity (Wildman–Crippen MR) is 69.2 cm³/mol. The summed E-state index contributed by atoms with van der Waals surface area (Å²) >= 11 is 1.07. The lowest BCUT2D eigenvalue weighted by Crippen LogP contribution is -2.28. The number of hydrogen-bond acceptors (Lipinski definition) is 3. The van der Waals surface area contributed by atoms with Crippen molar-refractivity contribution >= 4 is 22.6 Å². The molecule has 1 fully saturated rings. The molecule has 2 heterocycles. The number of nitrogens with zero attached hydrogens (tertiary/aromatic N) is 2. The van der Waals surface area contributed by atoms with Crippen molar-refractivity contribution in [2.24, 2.45) is 5.92 Å². The molecule has 94 valence electrons. The molecule has 1 N–H and O–H groups in total. The fraction of sp³-hybridized carbons (Fsp3) is 0.636. The molecule has 0 aliphatic carbocycles. The number of rotatable bonds is 3. The Morgan fingerprint density at radius 3 is 2.53 bits per heavy atom. The van der Waals surface area contributed by atoms with Crippen molar-refractivity contribution in [1.29, 1.82) is 0 Å². The van der Waals surface area contributed by atoms with Crippen LogP contribution in [0.15, 0.2) is 12.4 Å². The van der Waals surface area contributed by atoms with Gasteiger partial charge in [-0.15, -0.1) is 0 Å². The Balaban J connectivity index is 1.98. The van der Waals surface area contributed by atoms with Crippen LogP contribution in [0.4, 0.5) is 8.78 Å². The molecule has 0 aromatic carbocycles. The van der Waals surface area contributed by atoms with Crippen molar-refractivity contribution in [3.05, 3.63) is 23.8 Å². The van der Waals surface area contributed by atoms with Crippen LogP contribution in [-0.4, -0.2) is 23.1 Å². The quantitative estimate of drug-likeness (QED) is 0.670. The third-order valence-electron chi connectivity index (χ3n) is 2.95. The summed E-state index contributed by atoms with van der Waals surface area (Å²) in [5.41, 5.74) is 0.536. The molecule has 0 spiro atoms. The predicted octanol–water partition coefficient (Wildman–Crippen LogP) is 2.50. The summed E-state index contributed by atoms with van der Waals surface area (Å²) < 4.78 is 22.9. The van der Waals surface area contributed by atoms with Gasteiger partial charge in [0.05, 0.1) is 11.9 Å². The Bertz CT molecular complexity index is 358. The highest BCUT2D eigenvalue weighted by atomic mass is 127. The molecule has 17 heavy (non-hydrogen) atoms. The van der Waals surface area contributed by atoms with Gasteiger partial charge in [0.15, 0.2) is 0 Å². The maximum Gasteiger partial charge on any atom is 0.339 e. The molecule has 0 saturated carbocycles. The molecule has 1 saturated heterocycles. The van der Waals surface area contributed by atoms with Gasteiger partial charge in [-0.05, 0) is 38.3 Å². The average Bonchev–Trinajstić information content (AvgIpc) is 2.30. The highest BCUT2D eigenvalue weighted by Gasteiger charge is 2.29. The van der Waals surface area contributed by atoms with Crippen LogP contribution in [0.2, 0.25) is 0 Å². The fourth-order valence-corrected chi connectivity index (χ4v) is 2.27. The molecule has 0 radical (unpaired) electrons. The molecule has 1 aromatic heterocycles. The molecule has 2 rings (SSSR count). The molecule has 3 nitrogen and oxygen atoms in total. The summed E-state index contributed by atoms with van der Waals surface area (Å²) in [4.78, 5) is 7.85. The van der Waals surface area contributed by atoms with Crippen molar-refractivity contribution < 1.29 is 8.78 Å². The average molecular weight is 353 g/mol. The Morgan fingerprint density at radius 1 is 1.29 bits per heavy atom. The summed E-state index contributed by atoms with van der Waals surface area (Å²) in [6, 6.07) is 0. The number of alkyl halides is 3. The third kappa shape index (κ3) is 3.80. The SMILES string of the molecule is FC(F)(I)c1cnc(CC2CCNCC2)cn1. The minimum Gasteiger partial charge on any atom is -0.317 e. The molecule has 1 aliphatic rings. The number of aromatic nitrogens is 2. The monoisotopic (exact) mass is 353 g/mol. The molecule has 6 heteroatoms. The van der Waals surface area contributed by atoms with Crippen LogP contribution in [0.3, 0.4) is 0 Å². The van der Waals surface area contributed by atoms with Gasteiger partial charge < -0.3 is 5.32 Å². The van der Waals surface area contributed by atoms with Crippen LogP contribution in [0.25, 0.3) is 0 Å². The second-order valence-corrected chi connectivity index (χ2v) is 5.64. The molecular weight excluding hydrogens is 339 g/mol. The number of nitrogens with one attached hydrogen (secondary N) is 1. The summed E-state index contributed by atoms with van der Waals surface area (Å²) in [7, 11) is 0. The minimum atomic E-state index is -2.93. The van der Waals surface area contributed by atoms with Crippen LogP contribution >= 0.6 is 22.6 Å². The van der Waals surface area contributed by atoms with E-state index in [1.165, 1.54) is 12.4 Å². The lowest BCUT2D eigenvalue weighted by atomic mass is 9.93. The highest BCUT2D eigenvalue weighted by molar-refractivity contribution is 14.1. The molecule has 0 atom stereocenters. The van der Waals surface area contributed by atoms with Crippen LogP contribution < -0.4 is 5.32 Å². The van der Waals surface area contributed by atoms with Crippen LogP contribution in [0.1, 0.15) is 24.2 Å². The zero-order chi connectivity index (χ0) is 12.3. The summed E-state index contributed by atoms with van der Waals surface area (Å²) in [6.07, 6.45) is 5.73. The summed E-state index contributed by atoms with van der Waals surface area (Å²) in [6.45, 7) is 2.06. The first-order valence-corrected chi connectivity index (χ1v) is 6.72. The molecule has 1 aliphatic heterocycles. The lowest BCUT2D eigenvalue weighted by Gasteiger charge is -2.22. The van der Waals surface area contributed by atoms with E-state index in [0.717, 1.165) is 60.6 Å². The van der Waals surface area contributed by atoms with Gasteiger partial charge >= 0.3 is 3.93 Å². The van der Waals surface area contributed by atoms with Crippen molar-refractivity contribution in [3.63, 3.8) is 0 Å². The van der Waals surface area contributed by atoms with E-state index in [4.69, 9.17) is 0 Å². The molecule has 0 amide bonds. The van der Waals surface area contributed by atoms with Crippen molar-refractivity contribution in [2.75, 3.05) is 13.1 Å². The van der Waals surface area contributed by atoms with Crippen molar-refractivity contribution in [2.45, 2.75) is 23.2 Å². The zero-order valence-electron chi connectivity index (χ0n) is 9.30. The Labute approximate surface area is 113 Å². The van der Waals surface area contributed by atoms with Gasteiger partial charge in [-0.2, -0.15) is 8.78 Å². The lowest BCUT2D eigenvalue weighted by molar-refractivity contribution is 0.121. The standard InChI is InChI=1S/C11H14F2IN3/c12-11(13,14)10-7-16-9(6-17-10)5-8-1-3-15-4-2-8/h6-8,15H,1-5H2.